The number of likely N-dealkylation sites (tertiary alicyclic amines) is 1. The van der Waals surface area contributed by atoms with Crippen molar-refractivity contribution in [3.05, 3.63) is 34.2 Å². The van der Waals surface area contributed by atoms with Crippen LogP contribution in [0.15, 0.2) is 23.0 Å². The fourth-order valence-corrected chi connectivity index (χ4v) is 3.72. The quantitative estimate of drug-likeness (QED) is 0.789. The molecule has 0 radical (unpaired) electrons. The molecule has 1 aromatic rings. The molecule has 0 aliphatic carbocycles. The number of carbonyl (C=O) groups excluding carboxylic acids is 2. The van der Waals surface area contributed by atoms with Gasteiger partial charge in [0.15, 0.2) is 0 Å². The molecule has 2 aliphatic heterocycles. The third-order valence-electron chi connectivity index (χ3n) is 5.26. The van der Waals surface area contributed by atoms with Gasteiger partial charge in [0.05, 0.1) is 19.1 Å². The van der Waals surface area contributed by atoms with Crippen molar-refractivity contribution in [1.29, 1.82) is 0 Å². The van der Waals surface area contributed by atoms with E-state index in [0.29, 0.717) is 45.9 Å². The lowest BCUT2D eigenvalue weighted by molar-refractivity contribution is -0.144. The molecule has 1 unspecified atom stereocenters. The molecule has 0 saturated carbocycles. The number of aromatic nitrogens is 1. The molecule has 7 heteroatoms. The molecule has 0 N–H and O–H groups in total. The molecule has 3 heterocycles. The number of carbonyl (C=O) groups is 2. The Morgan fingerprint density at radius 3 is 2.65 bits per heavy atom. The van der Waals surface area contributed by atoms with Crippen LogP contribution in [0.5, 0.6) is 0 Å². The second-order valence-electron chi connectivity index (χ2n) is 7.02. The average Bonchev–Trinajstić information content (AvgIpc) is 2.67. The number of amides is 2. The van der Waals surface area contributed by atoms with Crippen molar-refractivity contribution in [2.75, 3.05) is 39.4 Å². The van der Waals surface area contributed by atoms with Crippen LogP contribution >= 0.6 is 0 Å². The molecule has 0 aromatic carbocycles. The summed E-state index contributed by atoms with van der Waals surface area (Å²) in [5.74, 6) is 0.0348. The Morgan fingerprint density at radius 1 is 1.15 bits per heavy atom. The van der Waals surface area contributed by atoms with Crippen LogP contribution in [0.4, 0.5) is 0 Å². The van der Waals surface area contributed by atoms with Gasteiger partial charge in [-0.2, -0.15) is 0 Å². The summed E-state index contributed by atoms with van der Waals surface area (Å²) in [7, 11) is 0. The maximum atomic E-state index is 12.7. The molecule has 2 fully saturated rings. The molecule has 1 atom stereocenters. The zero-order valence-electron chi connectivity index (χ0n) is 15.4. The first kappa shape index (κ1) is 18.6. The van der Waals surface area contributed by atoms with Crippen LogP contribution in [0.1, 0.15) is 25.0 Å². The zero-order chi connectivity index (χ0) is 18.5. The minimum absolute atomic E-state index is 0.0135. The molecule has 2 aliphatic rings. The summed E-state index contributed by atoms with van der Waals surface area (Å²) in [4.78, 5) is 40.8. The Hall–Kier alpha value is -2.15. The highest BCUT2D eigenvalue weighted by Gasteiger charge is 2.31. The minimum Gasteiger partial charge on any atom is -0.378 e. The van der Waals surface area contributed by atoms with E-state index in [1.165, 1.54) is 6.07 Å². The molecule has 26 heavy (non-hydrogen) atoms. The van der Waals surface area contributed by atoms with E-state index in [1.807, 2.05) is 17.9 Å². The smallest absolute Gasteiger partial charge is 0.250 e. The van der Waals surface area contributed by atoms with E-state index < -0.39 is 0 Å². The van der Waals surface area contributed by atoms with E-state index in [4.69, 9.17) is 4.74 Å². The van der Waals surface area contributed by atoms with E-state index in [1.54, 1.807) is 15.5 Å². The summed E-state index contributed by atoms with van der Waals surface area (Å²) in [5, 5.41) is 0. The molecule has 2 amide bonds. The minimum atomic E-state index is -0.119. The van der Waals surface area contributed by atoms with Gasteiger partial charge in [-0.15, -0.1) is 0 Å². The molecular formula is C19H27N3O4. The van der Waals surface area contributed by atoms with Gasteiger partial charge in [0.1, 0.15) is 0 Å². The Labute approximate surface area is 153 Å². The van der Waals surface area contributed by atoms with Crippen LogP contribution in [-0.4, -0.2) is 65.6 Å². The molecule has 2 saturated heterocycles. The standard InChI is InChI=1S/C19H27N3O4/c1-15-4-2-6-18(24)22(15)9-7-17(23)21-8-3-5-16(14-21)19(25)20-10-12-26-13-11-20/h2,4,6,16H,3,5,7-14H2,1H3. The SMILES string of the molecule is Cc1cccc(=O)n1CCC(=O)N1CCCC(C(=O)N2CCOCC2)C1. The molecular weight excluding hydrogens is 334 g/mol. The van der Waals surface area contributed by atoms with Gasteiger partial charge in [0.2, 0.25) is 11.8 Å². The van der Waals surface area contributed by atoms with E-state index in [0.717, 1.165) is 18.5 Å². The monoisotopic (exact) mass is 361 g/mol. The number of pyridine rings is 1. The number of morpholine rings is 1. The van der Waals surface area contributed by atoms with Crippen LogP contribution in [-0.2, 0) is 20.9 Å². The third kappa shape index (κ3) is 4.33. The Balaban J connectivity index is 1.56. The van der Waals surface area contributed by atoms with Gasteiger partial charge in [-0.3, -0.25) is 14.4 Å². The molecule has 142 valence electrons. The lowest BCUT2D eigenvalue weighted by atomic mass is 9.96. The molecule has 0 spiro atoms. The maximum absolute atomic E-state index is 12.7. The summed E-state index contributed by atoms with van der Waals surface area (Å²) >= 11 is 0. The van der Waals surface area contributed by atoms with Crippen molar-refractivity contribution < 1.29 is 14.3 Å². The molecule has 0 bridgehead atoms. The van der Waals surface area contributed by atoms with Crippen molar-refractivity contribution in [2.45, 2.75) is 32.7 Å². The van der Waals surface area contributed by atoms with Gasteiger partial charge < -0.3 is 19.1 Å². The molecule has 1 aromatic heterocycles. The summed E-state index contributed by atoms with van der Waals surface area (Å²) in [6.45, 7) is 5.87. The van der Waals surface area contributed by atoms with Crippen molar-refractivity contribution in [3.63, 3.8) is 0 Å². The van der Waals surface area contributed by atoms with Crippen LogP contribution in [0.2, 0.25) is 0 Å². The first-order valence-corrected chi connectivity index (χ1v) is 9.37. The number of ether oxygens (including phenoxy) is 1. The molecule has 7 nitrogen and oxygen atoms in total. The van der Waals surface area contributed by atoms with Gasteiger partial charge >= 0.3 is 0 Å². The third-order valence-corrected chi connectivity index (χ3v) is 5.26. The Kier molecular flexibility index (Phi) is 6.08. The van der Waals surface area contributed by atoms with Gasteiger partial charge in [0.25, 0.3) is 5.56 Å². The summed E-state index contributed by atoms with van der Waals surface area (Å²) < 4.78 is 6.93. The van der Waals surface area contributed by atoms with Crippen molar-refractivity contribution in [1.82, 2.24) is 14.4 Å². The lowest BCUT2D eigenvalue weighted by Gasteiger charge is -2.36. The van der Waals surface area contributed by atoms with Gasteiger partial charge in [-0.05, 0) is 25.8 Å². The zero-order valence-corrected chi connectivity index (χ0v) is 15.4. The van der Waals surface area contributed by atoms with Crippen LogP contribution in [0.3, 0.4) is 0 Å². The first-order valence-electron chi connectivity index (χ1n) is 9.37. The number of hydrogen-bond donors (Lipinski definition) is 0. The Morgan fingerprint density at radius 2 is 1.92 bits per heavy atom. The first-order chi connectivity index (χ1) is 12.6. The van der Waals surface area contributed by atoms with Crippen LogP contribution < -0.4 is 5.56 Å². The number of rotatable bonds is 4. The van der Waals surface area contributed by atoms with Gasteiger partial charge in [-0.1, -0.05) is 6.07 Å². The topological polar surface area (TPSA) is 71.9 Å². The highest BCUT2D eigenvalue weighted by Crippen LogP contribution is 2.20. The fraction of sp³-hybridized carbons (Fsp3) is 0.632. The van der Waals surface area contributed by atoms with E-state index in [-0.39, 0.29) is 29.7 Å². The van der Waals surface area contributed by atoms with E-state index >= 15 is 0 Å². The number of hydrogen-bond acceptors (Lipinski definition) is 4. The number of piperidine rings is 1. The molecule has 3 rings (SSSR count). The van der Waals surface area contributed by atoms with E-state index in [9.17, 15) is 14.4 Å². The largest absolute Gasteiger partial charge is 0.378 e. The lowest BCUT2D eigenvalue weighted by Crippen LogP contribution is -2.49. The fourth-order valence-electron chi connectivity index (χ4n) is 3.72. The average molecular weight is 361 g/mol. The van der Waals surface area contributed by atoms with Crippen molar-refractivity contribution >= 4 is 11.8 Å². The van der Waals surface area contributed by atoms with Crippen molar-refractivity contribution in [2.24, 2.45) is 5.92 Å². The predicted octanol–water partition coefficient (Wildman–Crippen LogP) is 0.644. The maximum Gasteiger partial charge on any atom is 0.250 e. The Bertz CT molecular complexity index is 709. The van der Waals surface area contributed by atoms with E-state index in [2.05, 4.69) is 0 Å². The summed E-state index contributed by atoms with van der Waals surface area (Å²) in [5.41, 5.74) is 0.765. The number of nitrogens with zero attached hydrogens (tertiary/aromatic N) is 3. The van der Waals surface area contributed by atoms with Crippen molar-refractivity contribution in [3.8, 4) is 0 Å². The summed E-state index contributed by atoms with van der Waals surface area (Å²) in [6.07, 6.45) is 1.96. The second-order valence-corrected chi connectivity index (χ2v) is 7.02. The highest BCUT2D eigenvalue weighted by molar-refractivity contribution is 5.81. The normalized spacial score (nSPS) is 20.9. The number of aryl methyl sites for hydroxylation is 1. The van der Waals surface area contributed by atoms with Gasteiger partial charge in [-0.25, -0.2) is 0 Å². The van der Waals surface area contributed by atoms with Crippen LogP contribution in [0.25, 0.3) is 0 Å². The summed E-state index contributed by atoms with van der Waals surface area (Å²) in [6, 6.07) is 5.10. The second kappa shape index (κ2) is 8.49. The van der Waals surface area contributed by atoms with Gasteiger partial charge in [0, 0.05) is 50.9 Å². The predicted molar refractivity (Wildman–Crippen MR) is 96.8 cm³/mol. The van der Waals surface area contributed by atoms with Crippen LogP contribution in [0, 0.1) is 12.8 Å². The highest BCUT2D eigenvalue weighted by atomic mass is 16.5.